The fourth-order valence-corrected chi connectivity index (χ4v) is 3.37. The molecule has 4 rings (SSSR count). The van der Waals surface area contributed by atoms with Crippen LogP contribution >= 0.6 is 0 Å². The Hall–Kier alpha value is -2.46. The summed E-state index contributed by atoms with van der Waals surface area (Å²) in [6, 6.07) is 22.2. The summed E-state index contributed by atoms with van der Waals surface area (Å²) in [5.41, 5.74) is 2.32. The van der Waals surface area contributed by atoms with Crippen LogP contribution < -0.4 is 78.8 Å². The second-order valence-corrected chi connectivity index (χ2v) is 7.49. The fraction of sp³-hybridized carbons (Fsp3) is 0.154. The molecular weight excluding hydrogens is 482 g/mol. The second kappa shape index (κ2) is 14.3. The molecule has 0 atom stereocenters. The number of benzene rings is 3. The number of aliphatic carboxylic acids is 2. The third-order valence-corrected chi connectivity index (χ3v) is 4.97. The van der Waals surface area contributed by atoms with Crippen molar-refractivity contribution < 1.29 is 88.4 Å². The first kappa shape index (κ1) is 29.8. The van der Waals surface area contributed by atoms with E-state index >= 15 is 0 Å². The third kappa shape index (κ3) is 8.30. The standard InChI is InChI=1S/C26H22N2O6.2Na/c29-24(30)7-4-12-33-23-15-22(17-5-2-1-3-6-17)27-26(28-23)20-9-8-19-14-21(34-16-25(31)32)11-10-18(19)13-20;;/h1-3,5-6,8-11,13-15H,4,7,12,16H2,(H,29,30)(H,31,32);;/q;2*+1/p-2. The maximum atomic E-state index is 10.7. The number of carboxylic acid groups (broad SMARTS) is 2. The normalized spacial score (nSPS) is 10.1. The molecule has 0 aliphatic carbocycles. The largest absolute Gasteiger partial charge is 1.00 e. The number of carboxylic acids is 2. The predicted molar refractivity (Wildman–Crippen MR) is 121 cm³/mol. The molecule has 0 bridgehead atoms. The minimum atomic E-state index is -1.29. The van der Waals surface area contributed by atoms with Crippen LogP contribution in [0.25, 0.3) is 33.4 Å². The molecule has 172 valence electrons. The Morgan fingerprint density at radius 2 is 1.47 bits per heavy atom. The van der Waals surface area contributed by atoms with Gasteiger partial charge in [-0.3, -0.25) is 0 Å². The van der Waals surface area contributed by atoms with Crippen LogP contribution in [0.5, 0.6) is 11.6 Å². The molecule has 0 unspecified atom stereocenters. The number of aromatic nitrogens is 2. The van der Waals surface area contributed by atoms with E-state index < -0.39 is 18.5 Å². The third-order valence-electron chi connectivity index (χ3n) is 4.97. The van der Waals surface area contributed by atoms with Crippen molar-refractivity contribution >= 4 is 22.7 Å². The van der Waals surface area contributed by atoms with Crippen LogP contribution in [-0.2, 0) is 9.59 Å². The van der Waals surface area contributed by atoms with Crippen LogP contribution in [0.1, 0.15) is 12.8 Å². The van der Waals surface area contributed by atoms with Gasteiger partial charge in [0, 0.05) is 23.2 Å². The van der Waals surface area contributed by atoms with Crippen molar-refractivity contribution in [3.8, 4) is 34.3 Å². The number of ether oxygens (including phenoxy) is 2. The molecule has 8 nitrogen and oxygen atoms in total. The van der Waals surface area contributed by atoms with Crippen LogP contribution in [-0.4, -0.2) is 35.1 Å². The summed E-state index contributed by atoms with van der Waals surface area (Å²) in [7, 11) is 0. The van der Waals surface area contributed by atoms with Crippen LogP contribution in [0.3, 0.4) is 0 Å². The zero-order valence-electron chi connectivity index (χ0n) is 20.1. The van der Waals surface area contributed by atoms with E-state index in [0.717, 1.165) is 21.9 Å². The summed E-state index contributed by atoms with van der Waals surface area (Å²) in [5.74, 6) is -1.19. The molecule has 3 aromatic carbocycles. The van der Waals surface area contributed by atoms with E-state index in [9.17, 15) is 19.8 Å². The van der Waals surface area contributed by atoms with Crippen LogP contribution in [0.15, 0.2) is 72.8 Å². The van der Waals surface area contributed by atoms with E-state index in [2.05, 4.69) is 4.98 Å². The van der Waals surface area contributed by atoms with Gasteiger partial charge in [-0.25, -0.2) is 4.98 Å². The first-order valence-electron chi connectivity index (χ1n) is 10.6. The molecule has 36 heavy (non-hydrogen) atoms. The number of nitrogens with zero attached hydrogens (tertiary/aromatic N) is 2. The number of fused-ring (bicyclic) bond motifs is 1. The SMILES string of the molecule is O=C([O-])CCCOc1cc(-c2ccccc2)nc(-c2ccc3cc(OCC(=O)[O-])ccc3c2)n1.[Na+].[Na+]. The van der Waals surface area contributed by atoms with Gasteiger partial charge < -0.3 is 29.3 Å². The van der Waals surface area contributed by atoms with Crippen LogP contribution in [0.4, 0.5) is 0 Å². The summed E-state index contributed by atoms with van der Waals surface area (Å²) in [4.78, 5) is 30.5. The number of rotatable bonds is 10. The van der Waals surface area contributed by atoms with Crippen molar-refractivity contribution in [2.75, 3.05) is 13.2 Å². The molecule has 0 N–H and O–H groups in total. The zero-order chi connectivity index (χ0) is 23.9. The van der Waals surface area contributed by atoms with Gasteiger partial charge in [0.2, 0.25) is 5.88 Å². The topological polar surface area (TPSA) is 125 Å². The second-order valence-electron chi connectivity index (χ2n) is 7.49. The van der Waals surface area contributed by atoms with Gasteiger partial charge in [-0.1, -0.05) is 48.5 Å². The van der Waals surface area contributed by atoms with Crippen molar-refractivity contribution in [1.82, 2.24) is 9.97 Å². The van der Waals surface area contributed by atoms with Crippen molar-refractivity contribution in [2.24, 2.45) is 0 Å². The van der Waals surface area contributed by atoms with E-state index in [1.165, 1.54) is 0 Å². The summed E-state index contributed by atoms with van der Waals surface area (Å²) in [5, 5.41) is 23.0. The number of hydrogen-bond acceptors (Lipinski definition) is 8. The Bertz CT molecular complexity index is 1330. The van der Waals surface area contributed by atoms with Crippen molar-refractivity contribution in [2.45, 2.75) is 12.8 Å². The van der Waals surface area contributed by atoms with Gasteiger partial charge in [-0.15, -0.1) is 0 Å². The summed E-state index contributed by atoms with van der Waals surface area (Å²) >= 11 is 0. The maximum absolute atomic E-state index is 10.7. The molecule has 0 saturated carbocycles. The van der Waals surface area contributed by atoms with Crippen LogP contribution in [0.2, 0.25) is 0 Å². The van der Waals surface area contributed by atoms with Gasteiger partial charge in [0.25, 0.3) is 0 Å². The molecule has 0 radical (unpaired) electrons. The summed E-state index contributed by atoms with van der Waals surface area (Å²) < 4.78 is 10.9. The Balaban J connectivity index is 0.00000228. The molecule has 0 aliphatic rings. The minimum Gasteiger partial charge on any atom is -0.550 e. The molecule has 1 aromatic heterocycles. The van der Waals surface area contributed by atoms with Crippen molar-refractivity contribution in [3.63, 3.8) is 0 Å². The Morgan fingerprint density at radius 3 is 2.19 bits per heavy atom. The summed E-state index contributed by atoms with van der Waals surface area (Å²) in [6.45, 7) is -0.333. The molecule has 0 spiro atoms. The van der Waals surface area contributed by atoms with Gasteiger partial charge in [-0.2, -0.15) is 4.98 Å². The number of carbonyl (C=O) groups is 2. The molecule has 4 aromatic rings. The monoisotopic (exact) mass is 502 g/mol. The Morgan fingerprint density at radius 1 is 0.750 bits per heavy atom. The van der Waals surface area contributed by atoms with E-state index in [-0.39, 0.29) is 72.1 Å². The fourth-order valence-electron chi connectivity index (χ4n) is 3.37. The first-order valence-corrected chi connectivity index (χ1v) is 10.6. The number of hydrogen-bond donors (Lipinski definition) is 0. The molecular formula is C26H20N2Na2O6. The van der Waals surface area contributed by atoms with Gasteiger partial charge in [0.15, 0.2) is 5.82 Å². The Kier molecular flexibility index (Phi) is 11.8. The van der Waals surface area contributed by atoms with Gasteiger partial charge in [0.05, 0.1) is 18.3 Å². The summed E-state index contributed by atoms with van der Waals surface area (Å²) in [6.07, 6.45) is 0.212. The van der Waals surface area contributed by atoms with Gasteiger partial charge >= 0.3 is 59.1 Å². The smallest absolute Gasteiger partial charge is 0.550 e. The van der Waals surface area contributed by atoms with E-state index in [1.54, 1.807) is 18.2 Å². The average molecular weight is 502 g/mol. The number of carbonyl (C=O) groups excluding carboxylic acids is 2. The van der Waals surface area contributed by atoms with Gasteiger partial charge in [-0.05, 0) is 41.8 Å². The average Bonchev–Trinajstić information content (AvgIpc) is 2.85. The molecule has 1 heterocycles. The molecule has 0 fully saturated rings. The molecule has 0 saturated heterocycles. The predicted octanol–water partition coefficient (Wildman–Crippen LogP) is -3.99. The van der Waals surface area contributed by atoms with E-state index in [4.69, 9.17) is 14.5 Å². The minimum absolute atomic E-state index is 0. The molecule has 0 aliphatic heterocycles. The van der Waals surface area contributed by atoms with Gasteiger partial charge in [0.1, 0.15) is 12.4 Å². The zero-order valence-corrected chi connectivity index (χ0v) is 24.1. The molecule has 0 amide bonds. The maximum Gasteiger partial charge on any atom is 1.00 e. The first-order chi connectivity index (χ1) is 16.5. The van der Waals surface area contributed by atoms with Crippen molar-refractivity contribution in [3.05, 3.63) is 72.8 Å². The van der Waals surface area contributed by atoms with E-state index in [1.807, 2.05) is 54.6 Å². The van der Waals surface area contributed by atoms with Crippen molar-refractivity contribution in [1.29, 1.82) is 0 Å². The van der Waals surface area contributed by atoms with E-state index in [0.29, 0.717) is 29.6 Å². The quantitative estimate of drug-likeness (QED) is 0.159. The Labute approximate surface area is 252 Å². The van der Waals surface area contributed by atoms with Crippen LogP contribution in [0, 0.1) is 0 Å². The molecule has 10 heteroatoms.